The molecule has 0 fully saturated rings. The number of halogens is 2. The molecule has 1 amide bonds. The fourth-order valence-corrected chi connectivity index (χ4v) is 1.77. The molecule has 0 atom stereocenters. The molecular formula is C14H12ClFN2O. The standard InChI is InChI=1S/C14H12ClFN2O/c1-8-11(16)6-9(7-12(8)17)14(19)18-13-5-3-2-4-10(13)15/h2-7H,17H2,1H3,(H,18,19). The Labute approximate surface area is 115 Å². The maximum absolute atomic E-state index is 13.5. The molecule has 0 aliphatic carbocycles. The molecule has 3 nitrogen and oxygen atoms in total. The van der Waals surface area contributed by atoms with Gasteiger partial charge in [-0.15, -0.1) is 0 Å². The van der Waals surface area contributed by atoms with E-state index in [1.165, 1.54) is 6.07 Å². The van der Waals surface area contributed by atoms with E-state index in [4.69, 9.17) is 17.3 Å². The van der Waals surface area contributed by atoms with Crippen molar-refractivity contribution in [3.05, 3.63) is 58.4 Å². The van der Waals surface area contributed by atoms with Gasteiger partial charge in [0.15, 0.2) is 0 Å². The Kier molecular flexibility index (Phi) is 3.71. The van der Waals surface area contributed by atoms with Crippen LogP contribution in [0.1, 0.15) is 15.9 Å². The van der Waals surface area contributed by atoms with Gasteiger partial charge in [0.25, 0.3) is 5.91 Å². The first-order valence-electron chi connectivity index (χ1n) is 5.60. The van der Waals surface area contributed by atoms with Crippen LogP contribution in [0.5, 0.6) is 0 Å². The maximum Gasteiger partial charge on any atom is 0.255 e. The summed E-state index contributed by atoms with van der Waals surface area (Å²) in [4.78, 5) is 12.0. The highest BCUT2D eigenvalue weighted by Crippen LogP contribution is 2.22. The van der Waals surface area contributed by atoms with E-state index in [0.717, 1.165) is 6.07 Å². The fraction of sp³-hybridized carbons (Fsp3) is 0.0714. The van der Waals surface area contributed by atoms with Crippen LogP contribution < -0.4 is 11.1 Å². The largest absolute Gasteiger partial charge is 0.398 e. The summed E-state index contributed by atoms with van der Waals surface area (Å²) in [6.45, 7) is 1.56. The minimum absolute atomic E-state index is 0.153. The van der Waals surface area contributed by atoms with Crippen LogP contribution in [0, 0.1) is 12.7 Å². The first kappa shape index (κ1) is 13.4. The van der Waals surface area contributed by atoms with Gasteiger partial charge in [-0.3, -0.25) is 4.79 Å². The number of amides is 1. The van der Waals surface area contributed by atoms with E-state index in [-0.39, 0.29) is 11.3 Å². The Bertz CT molecular complexity index is 620. The van der Waals surface area contributed by atoms with Crippen LogP contribution in [0.25, 0.3) is 0 Å². The summed E-state index contributed by atoms with van der Waals surface area (Å²) in [5.41, 5.74) is 6.82. The van der Waals surface area contributed by atoms with Crippen molar-refractivity contribution in [3.63, 3.8) is 0 Å². The number of anilines is 2. The molecule has 0 aliphatic heterocycles. The molecule has 0 unspecified atom stereocenters. The average Bonchev–Trinajstić information content (AvgIpc) is 2.38. The molecule has 0 heterocycles. The van der Waals surface area contributed by atoms with E-state index >= 15 is 0 Å². The zero-order valence-electron chi connectivity index (χ0n) is 10.2. The molecule has 0 saturated heterocycles. The average molecular weight is 279 g/mol. The van der Waals surface area contributed by atoms with Gasteiger partial charge in [-0.25, -0.2) is 4.39 Å². The van der Waals surface area contributed by atoms with Crippen LogP contribution in [0.3, 0.4) is 0 Å². The molecule has 0 saturated carbocycles. The molecule has 3 N–H and O–H groups in total. The van der Waals surface area contributed by atoms with Crippen LogP contribution in [0.2, 0.25) is 5.02 Å². The van der Waals surface area contributed by atoms with Crippen LogP contribution in [-0.2, 0) is 0 Å². The first-order chi connectivity index (χ1) is 8.99. The van der Waals surface area contributed by atoms with Crippen molar-refractivity contribution in [2.45, 2.75) is 6.92 Å². The Balaban J connectivity index is 2.28. The summed E-state index contributed by atoms with van der Waals surface area (Å²) in [5, 5.41) is 3.02. The van der Waals surface area contributed by atoms with E-state index in [1.807, 2.05) is 0 Å². The molecule has 0 aromatic heterocycles. The summed E-state index contributed by atoms with van der Waals surface area (Å²) in [6.07, 6.45) is 0. The number of hydrogen-bond donors (Lipinski definition) is 2. The molecular weight excluding hydrogens is 267 g/mol. The van der Waals surface area contributed by atoms with E-state index in [9.17, 15) is 9.18 Å². The molecule has 19 heavy (non-hydrogen) atoms. The molecule has 0 spiro atoms. The summed E-state index contributed by atoms with van der Waals surface area (Å²) < 4.78 is 13.5. The predicted octanol–water partition coefficient (Wildman–Crippen LogP) is 3.62. The van der Waals surface area contributed by atoms with E-state index in [2.05, 4.69) is 5.32 Å². The van der Waals surface area contributed by atoms with Gasteiger partial charge in [0.05, 0.1) is 10.7 Å². The quantitative estimate of drug-likeness (QED) is 0.824. The summed E-state index contributed by atoms with van der Waals surface area (Å²) in [6, 6.07) is 9.39. The third kappa shape index (κ3) is 2.85. The van der Waals surface area contributed by atoms with Crippen molar-refractivity contribution < 1.29 is 9.18 Å². The number of rotatable bonds is 2. The lowest BCUT2D eigenvalue weighted by Crippen LogP contribution is -2.13. The van der Waals surface area contributed by atoms with Crippen molar-refractivity contribution in [1.82, 2.24) is 0 Å². The van der Waals surface area contributed by atoms with Crippen molar-refractivity contribution >= 4 is 28.9 Å². The summed E-state index contributed by atoms with van der Waals surface area (Å²) in [5.74, 6) is -0.969. The number of hydrogen-bond acceptors (Lipinski definition) is 2. The van der Waals surface area contributed by atoms with E-state index in [1.54, 1.807) is 31.2 Å². The molecule has 0 radical (unpaired) electrons. The van der Waals surface area contributed by atoms with Gasteiger partial charge >= 0.3 is 0 Å². The number of nitrogen functional groups attached to an aromatic ring is 1. The Morgan fingerprint density at radius 3 is 2.63 bits per heavy atom. The lowest BCUT2D eigenvalue weighted by atomic mass is 10.1. The smallest absolute Gasteiger partial charge is 0.255 e. The van der Waals surface area contributed by atoms with Gasteiger partial charge in [0.2, 0.25) is 0 Å². The minimum atomic E-state index is -0.510. The van der Waals surface area contributed by atoms with Gasteiger partial charge in [-0.1, -0.05) is 23.7 Å². The highest BCUT2D eigenvalue weighted by molar-refractivity contribution is 6.33. The second-order valence-corrected chi connectivity index (χ2v) is 4.51. The number of nitrogens with one attached hydrogen (secondary N) is 1. The van der Waals surface area contributed by atoms with Crippen molar-refractivity contribution in [2.24, 2.45) is 0 Å². The van der Waals surface area contributed by atoms with Crippen molar-refractivity contribution in [2.75, 3.05) is 11.1 Å². The van der Waals surface area contributed by atoms with E-state index < -0.39 is 11.7 Å². The predicted molar refractivity (Wildman–Crippen MR) is 75.0 cm³/mol. The van der Waals surface area contributed by atoms with Crippen molar-refractivity contribution in [3.8, 4) is 0 Å². The summed E-state index contributed by atoms with van der Waals surface area (Å²) >= 11 is 5.93. The normalized spacial score (nSPS) is 10.3. The van der Waals surface area contributed by atoms with Crippen molar-refractivity contribution in [1.29, 1.82) is 0 Å². The number of carbonyl (C=O) groups excluding carboxylic acids is 1. The zero-order valence-corrected chi connectivity index (χ0v) is 11.0. The molecule has 0 bridgehead atoms. The Hall–Kier alpha value is -2.07. The van der Waals surface area contributed by atoms with E-state index in [0.29, 0.717) is 16.3 Å². The highest BCUT2D eigenvalue weighted by Gasteiger charge is 2.12. The topological polar surface area (TPSA) is 55.1 Å². The van der Waals surface area contributed by atoms with Crippen LogP contribution in [0.15, 0.2) is 36.4 Å². The summed E-state index contributed by atoms with van der Waals surface area (Å²) in [7, 11) is 0. The lowest BCUT2D eigenvalue weighted by molar-refractivity contribution is 0.102. The van der Waals surface area contributed by atoms with Gasteiger partial charge < -0.3 is 11.1 Å². The lowest BCUT2D eigenvalue weighted by Gasteiger charge is -2.09. The van der Waals surface area contributed by atoms with Gasteiger partial charge in [0, 0.05) is 16.8 Å². The number of carbonyl (C=O) groups is 1. The van der Waals surface area contributed by atoms with Gasteiger partial charge in [0.1, 0.15) is 5.82 Å². The molecule has 98 valence electrons. The van der Waals surface area contributed by atoms with Crippen LogP contribution >= 0.6 is 11.6 Å². The number of para-hydroxylation sites is 1. The molecule has 2 rings (SSSR count). The Morgan fingerprint density at radius 2 is 2.00 bits per heavy atom. The highest BCUT2D eigenvalue weighted by atomic mass is 35.5. The zero-order chi connectivity index (χ0) is 14.0. The second kappa shape index (κ2) is 5.28. The maximum atomic E-state index is 13.5. The first-order valence-corrected chi connectivity index (χ1v) is 5.98. The van der Waals surface area contributed by atoms with Gasteiger partial charge in [-0.05, 0) is 31.2 Å². The molecule has 5 heteroatoms. The third-order valence-corrected chi connectivity index (χ3v) is 3.10. The number of nitrogens with two attached hydrogens (primary N) is 1. The molecule has 0 aliphatic rings. The monoisotopic (exact) mass is 278 g/mol. The number of benzene rings is 2. The third-order valence-electron chi connectivity index (χ3n) is 2.77. The Morgan fingerprint density at radius 1 is 1.32 bits per heavy atom. The SMILES string of the molecule is Cc1c(N)cc(C(=O)Nc2ccccc2Cl)cc1F. The molecule has 2 aromatic rings. The molecule has 2 aromatic carbocycles. The fourth-order valence-electron chi connectivity index (χ4n) is 1.59. The van der Waals surface area contributed by atoms with Gasteiger partial charge in [-0.2, -0.15) is 0 Å². The minimum Gasteiger partial charge on any atom is -0.398 e. The van der Waals surface area contributed by atoms with Crippen LogP contribution in [0.4, 0.5) is 15.8 Å². The second-order valence-electron chi connectivity index (χ2n) is 4.11. The van der Waals surface area contributed by atoms with Crippen LogP contribution in [-0.4, -0.2) is 5.91 Å².